The van der Waals surface area contributed by atoms with E-state index in [2.05, 4.69) is 0 Å². The topological polar surface area (TPSA) is 0 Å². The molecule has 8 heteroatoms. The highest BCUT2D eigenvalue weighted by atomic mass is 19.4. The second-order valence-corrected chi connectivity index (χ2v) is 7.08. The number of benzene rings is 3. The lowest BCUT2D eigenvalue weighted by Crippen LogP contribution is -2.11. The molecule has 0 radical (unpaired) electrons. The van der Waals surface area contributed by atoms with Crippen molar-refractivity contribution in [2.24, 2.45) is 0 Å². The van der Waals surface area contributed by atoms with Gasteiger partial charge in [0.15, 0.2) is 5.83 Å². The number of halogens is 8. The fourth-order valence-electron chi connectivity index (χ4n) is 3.11. The minimum atomic E-state index is -5.22. The van der Waals surface area contributed by atoms with Crippen molar-refractivity contribution in [1.82, 2.24) is 0 Å². The monoisotopic (exact) mass is 468 g/mol. The van der Waals surface area contributed by atoms with Gasteiger partial charge in [-0.25, -0.2) is 22.0 Å². The van der Waals surface area contributed by atoms with E-state index < -0.39 is 40.8 Å². The summed E-state index contributed by atoms with van der Waals surface area (Å²) in [6.45, 7) is 1.49. The van der Waals surface area contributed by atoms with Crippen molar-refractivity contribution in [1.29, 1.82) is 0 Å². The van der Waals surface area contributed by atoms with Gasteiger partial charge in [-0.05, 0) is 41.3 Å². The third-order valence-corrected chi connectivity index (χ3v) is 4.81. The summed E-state index contributed by atoms with van der Waals surface area (Å²) >= 11 is 0. The second-order valence-electron chi connectivity index (χ2n) is 7.08. The van der Waals surface area contributed by atoms with Gasteiger partial charge < -0.3 is 0 Å². The number of rotatable bonds is 5. The quantitative estimate of drug-likeness (QED) is 0.259. The Hall–Kier alpha value is -3.42. The van der Waals surface area contributed by atoms with Crippen LogP contribution in [0.1, 0.15) is 35.6 Å². The lowest BCUT2D eigenvalue weighted by Gasteiger charge is -2.12. The first kappa shape index (κ1) is 24.2. The minimum Gasteiger partial charge on any atom is -0.209 e. The van der Waals surface area contributed by atoms with Gasteiger partial charge in [0.1, 0.15) is 28.8 Å². The Morgan fingerprint density at radius 2 is 1.30 bits per heavy atom. The molecule has 0 fully saturated rings. The Labute approximate surface area is 184 Å². The smallest absolute Gasteiger partial charge is 0.209 e. The van der Waals surface area contributed by atoms with Gasteiger partial charge in [-0.2, -0.15) is 13.2 Å². The van der Waals surface area contributed by atoms with Gasteiger partial charge in [0.05, 0.1) is 0 Å². The number of hydrogen-bond donors (Lipinski definition) is 0. The SMILES string of the molecule is CCC(F)=C(F)c1ccc(C=Cc2ccc(-c3cc(F)c(C(F)(F)F)c(F)c3)c(F)c2)cc1. The zero-order valence-corrected chi connectivity index (χ0v) is 17.1. The molecule has 0 heterocycles. The Bertz CT molecular complexity index is 1200. The normalized spacial score (nSPS) is 12.9. The van der Waals surface area contributed by atoms with Gasteiger partial charge in [0.25, 0.3) is 0 Å². The molecule has 0 bridgehead atoms. The van der Waals surface area contributed by atoms with E-state index in [1.54, 1.807) is 6.08 Å². The first-order chi connectivity index (χ1) is 15.5. The summed E-state index contributed by atoms with van der Waals surface area (Å²) in [5, 5.41) is 0. The van der Waals surface area contributed by atoms with E-state index in [1.807, 2.05) is 0 Å². The van der Waals surface area contributed by atoms with E-state index in [0.717, 1.165) is 6.07 Å². The highest BCUT2D eigenvalue weighted by molar-refractivity contribution is 5.73. The van der Waals surface area contributed by atoms with Crippen LogP contribution in [0.3, 0.4) is 0 Å². The van der Waals surface area contributed by atoms with Crippen molar-refractivity contribution < 1.29 is 35.1 Å². The molecule has 0 aliphatic rings. The summed E-state index contributed by atoms with van der Waals surface area (Å²) < 4.78 is 107. The number of hydrogen-bond acceptors (Lipinski definition) is 0. The molecule has 0 N–H and O–H groups in total. The van der Waals surface area contributed by atoms with Crippen LogP contribution in [0.4, 0.5) is 35.1 Å². The average molecular weight is 468 g/mol. The van der Waals surface area contributed by atoms with Crippen LogP contribution in [-0.2, 0) is 6.18 Å². The third kappa shape index (κ3) is 5.50. The van der Waals surface area contributed by atoms with Gasteiger partial charge in [-0.15, -0.1) is 0 Å². The van der Waals surface area contributed by atoms with Crippen molar-refractivity contribution in [2.75, 3.05) is 0 Å². The Kier molecular flexibility index (Phi) is 7.05. The fraction of sp³-hybridized carbons (Fsp3) is 0.120. The van der Waals surface area contributed by atoms with Gasteiger partial charge in [0.2, 0.25) is 0 Å². The van der Waals surface area contributed by atoms with Gasteiger partial charge in [-0.3, -0.25) is 0 Å². The van der Waals surface area contributed by atoms with Crippen molar-refractivity contribution in [3.63, 3.8) is 0 Å². The maximum atomic E-state index is 14.5. The first-order valence-corrected chi connectivity index (χ1v) is 9.70. The fourth-order valence-corrected chi connectivity index (χ4v) is 3.11. The molecule has 172 valence electrons. The Balaban J connectivity index is 1.84. The van der Waals surface area contributed by atoms with E-state index in [4.69, 9.17) is 0 Å². The van der Waals surface area contributed by atoms with E-state index in [-0.39, 0.29) is 23.1 Å². The molecule has 0 aliphatic carbocycles. The van der Waals surface area contributed by atoms with Crippen LogP contribution in [0, 0.1) is 17.5 Å². The van der Waals surface area contributed by atoms with Crippen LogP contribution in [0.15, 0.2) is 60.4 Å². The van der Waals surface area contributed by atoms with E-state index in [0.29, 0.717) is 23.3 Å². The van der Waals surface area contributed by atoms with Gasteiger partial charge in [0, 0.05) is 11.1 Å². The first-order valence-electron chi connectivity index (χ1n) is 9.70. The summed E-state index contributed by atoms with van der Waals surface area (Å²) in [5.41, 5.74) is -1.64. The summed E-state index contributed by atoms with van der Waals surface area (Å²) in [7, 11) is 0. The molecular formula is C25H16F8. The van der Waals surface area contributed by atoms with E-state index in [1.165, 1.54) is 49.4 Å². The highest BCUT2D eigenvalue weighted by Gasteiger charge is 2.38. The molecule has 3 aromatic carbocycles. The maximum Gasteiger partial charge on any atom is 0.422 e. The molecule has 0 unspecified atom stereocenters. The molecular weight excluding hydrogens is 452 g/mol. The summed E-state index contributed by atoms with van der Waals surface area (Å²) in [6, 6.07) is 10.4. The molecule has 0 saturated heterocycles. The van der Waals surface area contributed by atoms with E-state index in [9.17, 15) is 35.1 Å². The predicted molar refractivity (Wildman–Crippen MR) is 112 cm³/mol. The standard InChI is InChI=1S/C25H16F8/c1-2-19(26)24(30)16-8-5-14(6-9-16)3-4-15-7-10-18(20(27)11-15)17-12-21(28)23(22(29)13-17)25(31,32)33/h3-13H,2H2,1H3. The largest absolute Gasteiger partial charge is 0.422 e. The summed E-state index contributed by atoms with van der Waals surface area (Å²) in [5.74, 6) is -6.37. The van der Waals surface area contributed by atoms with Crippen LogP contribution in [0.5, 0.6) is 0 Å². The molecule has 33 heavy (non-hydrogen) atoms. The maximum absolute atomic E-state index is 14.5. The van der Waals surface area contributed by atoms with Crippen molar-refractivity contribution >= 4 is 18.0 Å². The van der Waals surface area contributed by atoms with Gasteiger partial charge >= 0.3 is 6.18 Å². The Morgan fingerprint density at radius 3 is 1.82 bits per heavy atom. The third-order valence-electron chi connectivity index (χ3n) is 4.81. The number of alkyl halides is 3. The van der Waals surface area contributed by atoms with Crippen LogP contribution < -0.4 is 0 Å². The van der Waals surface area contributed by atoms with Crippen molar-refractivity contribution in [2.45, 2.75) is 19.5 Å². The van der Waals surface area contributed by atoms with Crippen molar-refractivity contribution in [3.05, 3.63) is 100 Å². The lowest BCUT2D eigenvalue weighted by atomic mass is 10.00. The molecule has 0 aliphatic heterocycles. The molecule has 0 nitrogen and oxygen atoms in total. The Morgan fingerprint density at radius 1 is 0.758 bits per heavy atom. The van der Waals surface area contributed by atoms with Crippen molar-refractivity contribution in [3.8, 4) is 11.1 Å². The molecule has 0 atom stereocenters. The highest BCUT2D eigenvalue weighted by Crippen LogP contribution is 2.36. The van der Waals surface area contributed by atoms with E-state index >= 15 is 0 Å². The number of allylic oxidation sites excluding steroid dienone is 1. The molecule has 3 rings (SSSR count). The lowest BCUT2D eigenvalue weighted by molar-refractivity contribution is -0.142. The molecule has 3 aromatic rings. The molecule has 0 saturated carbocycles. The van der Waals surface area contributed by atoms with Gasteiger partial charge in [-0.1, -0.05) is 55.5 Å². The molecule has 0 spiro atoms. The zero-order valence-electron chi connectivity index (χ0n) is 17.1. The summed E-state index contributed by atoms with van der Waals surface area (Å²) in [4.78, 5) is 0. The van der Waals surface area contributed by atoms with Crippen LogP contribution in [-0.4, -0.2) is 0 Å². The molecule has 0 aromatic heterocycles. The average Bonchev–Trinajstić information content (AvgIpc) is 2.75. The predicted octanol–water partition coefficient (Wildman–Crippen LogP) is 8.98. The second kappa shape index (κ2) is 9.60. The minimum absolute atomic E-state index is 0.0686. The summed E-state index contributed by atoms with van der Waals surface area (Å²) in [6.07, 6.45) is -2.20. The molecule has 0 amide bonds. The van der Waals surface area contributed by atoms with Crippen LogP contribution in [0.25, 0.3) is 29.1 Å². The van der Waals surface area contributed by atoms with Crippen LogP contribution >= 0.6 is 0 Å². The van der Waals surface area contributed by atoms with Crippen LogP contribution in [0.2, 0.25) is 0 Å². The zero-order chi connectivity index (χ0) is 24.3.